The molecule has 122 valence electrons. The fourth-order valence-electron chi connectivity index (χ4n) is 4.82. The largest absolute Gasteiger partial charge is 0.378 e. The summed E-state index contributed by atoms with van der Waals surface area (Å²) in [7, 11) is 0. The summed E-state index contributed by atoms with van der Waals surface area (Å²) in [6.45, 7) is 10.4. The van der Waals surface area contributed by atoms with Gasteiger partial charge in [-0.25, -0.2) is 0 Å². The van der Waals surface area contributed by atoms with Crippen LogP contribution in [0, 0.1) is 5.92 Å². The van der Waals surface area contributed by atoms with Crippen LogP contribution in [0.25, 0.3) is 0 Å². The number of piperazine rings is 1. The number of hydrogen-bond donors (Lipinski definition) is 1. The van der Waals surface area contributed by atoms with Gasteiger partial charge in [0.2, 0.25) is 0 Å². The van der Waals surface area contributed by atoms with Gasteiger partial charge in [-0.15, -0.1) is 0 Å². The molecule has 0 bridgehead atoms. The molecule has 3 rings (SSSR count). The molecule has 3 aliphatic rings. The molecule has 1 spiro atoms. The highest BCUT2D eigenvalue weighted by molar-refractivity contribution is 5.02. The SMILES string of the molecule is CC1CC(N2CC3(CCCCC3)NCC2C(C)C)CCO1. The maximum atomic E-state index is 5.79. The highest BCUT2D eigenvalue weighted by atomic mass is 16.5. The lowest BCUT2D eigenvalue weighted by Gasteiger charge is -2.54. The van der Waals surface area contributed by atoms with Gasteiger partial charge in [-0.1, -0.05) is 33.1 Å². The summed E-state index contributed by atoms with van der Waals surface area (Å²) in [4.78, 5) is 2.88. The molecule has 2 aliphatic heterocycles. The Morgan fingerprint density at radius 3 is 2.62 bits per heavy atom. The summed E-state index contributed by atoms with van der Waals surface area (Å²) in [5.41, 5.74) is 0.422. The highest BCUT2D eigenvalue weighted by Gasteiger charge is 2.43. The molecule has 0 aromatic carbocycles. The van der Waals surface area contributed by atoms with Gasteiger partial charge < -0.3 is 10.1 Å². The van der Waals surface area contributed by atoms with Crippen molar-refractivity contribution in [2.45, 2.75) is 89.4 Å². The summed E-state index contributed by atoms with van der Waals surface area (Å²) in [5.74, 6) is 0.733. The molecule has 0 amide bonds. The van der Waals surface area contributed by atoms with E-state index in [-0.39, 0.29) is 0 Å². The Kier molecular flexibility index (Phi) is 4.92. The fraction of sp³-hybridized carbons (Fsp3) is 1.00. The first-order valence-corrected chi connectivity index (χ1v) is 9.22. The third-order valence-electron chi connectivity index (χ3n) is 6.10. The normalized spacial score (nSPS) is 38.0. The first-order chi connectivity index (χ1) is 10.1. The zero-order valence-electron chi connectivity index (χ0n) is 14.2. The average molecular weight is 294 g/mol. The first kappa shape index (κ1) is 15.8. The van der Waals surface area contributed by atoms with E-state index < -0.39 is 0 Å². The molecule has 0 radical (unpaired) electrons. The first-order valence-electron chi connectivity index (χ1n) is 9.22. The Hall–Kier alpha value is -0.120. The third kappa shape index (κ3) is 3.46. The molecule has 21 heavy (non-hydrogen) atoms. The van der Waals surface area contributed by atoms with Gasteiger partial charge in [0.15, 0.2) is 0 Å². The van der Waals surface area contributed by atoms with E-state index in [1.54, 1.807) is 0 Å². The lowest BCUT2D eigenvalue weighted by molar-refractivity contribution is -0.0599. The van der Waals surface area contributed by atoms with E-state index in [2.05, 4.69) is 31.0 Å². The highest BCUT2D eigenvalue weighted by Crippen LogP contribution is 2.35. The van der Waals surface area contributed by atoms with Crippen LogP contribution < -0.4 is 5.32 Å². The van der Waals surface area contributed by atoms with Gasteiger partial charge in [-0.3, -0.25) is 4.90 Å². The summed E-state index contributed by atoms with van der Waals surface area (Å²) in [6, 6.07) is 1.44. The second-order valence-electron chi connectivity index (χ2n) is 8.07. The van der Waals surface area contributed by atoms with Crippen molar-refractivity contribution in [3.05, 3.63) is 0 Å². The van der Waals surface area contributed by atoms with Crippen LogP contribution in [0.5, 0.6) is 0 Å². The predicted octanol–water partition coefficient (Wildman–Crippen LogP) is 3.19. The van der Waals surface area contributed by atoms with Crippen molar-refractivity contribution >= 4 is 0 Å². The molecule has 3 unspecified atom stereocenters. The minimum atomic E-state index is 0.422. The zero-order chi connectivity index (χ0) is 14.9. The molecule has 0 aromatic heterocycles. The van der Waals surface area contributed by atoms with E-state index in [0.29, 0.717) is 17.7 Å². The van der Waals surface area contributed by atoms with Crippen LogP contribution in [0.15, 0.2) is 0 Å². The summed E-state index contributed by atoms with van der Waals surface area (Å²) in [5, 5.41) is 3.97. The van der Waals surface area contributed by atoms with Crippen molar-refractivity contribution in [1.29, 1.82) is 0 Å². The van der Waals surface area contributed by atoms with Crippen LogP contribution in [-0.4, -0.2) is 48.3 Å². The molecule has 3 heteroatoms. The molecule has 3 fully saturated rings. The van der Waals surface area contributed by atoms with Crippen LogP contribution in [0.2, 0.25) is 0 Å². The van der Waals surface area contributed by atoms with Crippen molar-refractivity contribution < 1.29 is 4.74 Å². The lowest BCUT2D eigenvalue weighted by atomic mass is 9.77. The minimum Gasteiger partial charge on any atom is -0.378 e. The van der Waals surface area contributed by atoms with Crippen molar-refractivity contribution in [1.82, 2.24) is 10.2 Å². The Balaban J connectivity index is 1.74. The number of hydrogen-bond acceptors (Lipinski definition) is 3. The van der Waals surface area contributed by atoms with Crippen LogP contribution >= 0.6 is 0 Å². The number of rotatable bonds is 2. The van der Waals surface area contributed by atoms with Crippen LogP contribution in [0.4, 0.5) is 0 Å². The van der Waals surface area contributed by atoms with Gasteiger partial charge in [0.05, 0.1) is 6.10 Å². The molecule has 0 aromatic rings. The third-order valence-corrected chi connectivity index (χ3v) is 6.10. The number of nitrogens with one attached hydrogen (secondary N) is 1. The lowest BCUT2D eigenvalue weighted by Crippen LogP contribution is -2.68. The molecule has 3 atom stereocenters. The number of ether oxygens (including phenoxy) is 1. The van der Waals surface area contributed by atoms with Gasteiger partial charge >= 0.3 is 0 Å². The quantitative estimate of drug-likeness (QED) is 0.846. The Bertz CT molecular complexity index is 338. The van der Waals surface area contributed by atoms with Crippen LogP contribution in [0.3, 0.4) is 0 Å². The Morgan fingerprint density at radius 2 is 1.95 bits per heavy atom. The summed E-state index contributed by atoms with van der Waals surface area (Å²) >= 11 is 0. The second-order valence-corrected chi connectivity index (χ2v) is 8.07. The molecule has 1 N–H and O–H groups in total. The van der Waals surface area contributed by atoms with E-state index in [1.807, 2.05) is 0 Å². The van der Waals surface area contributed by atoms with E-state index in [4.69, 9.17) is 4.74 Å². The summed E-state index contributed by atoms with van der Waals surface area (Å²) < 4.78 is 5.79. The fourth-order valence-corrected chi connectivity index (χ4v) is 4.82. The molecule has 3 nitrogen and oxygen atoms in total. The van der Waals surface area contributed by atoms with E-state index >= 15 is 0 Å². The second kappa shape index (κ2) is 6.55. The van der Waals surface area contributed by atoms with Crippen LogP contribution in [-0.2, 0) is 4.74 Å². The summed E-state index contributed by atoms with van der Waals surface area (Å²) in [6.07, 6.45) is 9.91. The monoisotopic (exact) mass is 294 g/mol. The molecule has 1 aliphatic carbocycles. The molecule has 2 heterocycles. The standard InChI is InChI=1S/C18H34N2O/c1-14(2)17-12-19-18(8-5-4-6-9-18)13-20(17)16-7-10-21-15(3)11-16/h14-17,19H,4-13H2,1-3H3. The molecular weight excluding hydrogens is 260 g/mol. The van der Waals surface area contributed by atoms with Crippen molar-refractivity contribution in [2.24, 2.45) is 5.92 Å². The average Bonchev–Trinajstić information content (AvgIpc) is 2.48. The van der Waals surface area contributed by atoms with Gasteiger partial charge in [0.1, 0.15) is 0 Å². The number of nitrogens with zero attached hydrogens (tertiary/aromatic N) is 1. The zero-order valence-corrected chi connectivity index (χ0v) is 14.2. The maximum Gasteiger partial charge on any atom is 0.0561 e. The van der Waals surface area contributed by atoms with Crippen molar-refractivity contribution in [3.63, 3.8) is 0 Å². The van der Waals surface area contributed by atoms with Gasteiger partial charge in [0, 0.05) is 37.3 Å². The van der Waals surface area contributed by atoms with Crippen molar-refractivity contribution in [3.8, 4) is 0 Å². The van der Waals surface area contributed by atoms with Gasteiger partial charge in [0.25, 0.3) is 0 Å². The minimum absolute atomic E-state index is 0.422. The Labute approximate surface area is 130 Å². The Morgan fingerprint density at radius 1 is 1.19 bits per heavy atom. The predicted molar refractivity (Wildman–Crippen MR) is 87.6 cm³/mol. The topological polar surface area (TPSA) is 24.5 Å². The smallest absolute Gasteiger partial charge is 0.0561 e. The van der Waals surface area contributed by atoms with E-state index in [0.717, 1.165) is 18.6 Å². The van der Waals surface area contributed by atoms with Gasteiger partial charge in [-0.05, 0) is 38.5 Å². The maximum absolute atomic E-state index is 5.79. The van der Waals surface area contributed by atoms with Crippen molar-refractivity contribution in [2.75, 3.05) is 19.7 Å². The van der Waals surface area contributed by atoms with E-state index in [9.17, 15) is 0 Å². The van der Waals surface area contributed by atoms with E-state index in [1.165, 1.54) is 58.0 Å². The van der Waals surface area contributed by atoms with Gasteiger partial charge in [-0.2, -0.15) is 0 Å². The van der Waals surface area contributed by atoms with Crippen LogP contribution in [0.1, 0.15) is 65.7 Å². The molecule has 2 saturated heterocycles. The molecule has 1 saturated carbocycles. The molecular formula is C18H34N2O.